The molecule has 22 heavy (non-hydrogen) atoms. The lowest BCUT2D eigenvalue weighted by Crippen LogP contribution is -2.31. The second-order valence-corrected chi connectivity index (χ2v) is 6.33. The van der Waals surface area contributed by atoms with Crippen LogP contribution in [-0.2, 0) is 0 Å². The number of nitrogens with zero attached hydrogens (tertiary/aromatic N) is 3. The van der Waals surface area contributed by atoms with Crippen LogP contribution in [0.4, 0.5) is 5.69 Å². The van der Waals surface area contributed by atoms with Crippen LogP contribution in [-0.4, -0.2) is 55.8 Å². The first-order valence-corrected chi connectivity index (χ1v) is 8.49. The summed E-state index contributed by atoms with van der Waals surface area (Å²) in [6.45, 7) is 7.19. The third-order valence-corrected chi connectivity index (χ3v) is 4.47. The molecule has 1 fully saturated rings. The molecule has 3 rings (SSSR count). The van der Waals surface area contributed by atoms with E-state index in [-0.39, 0.29) is 6.10 Å². The van der Waals surface area contributed by atoms with Gasteiger partial charge in [-0.3, -0.25) is 0 Å². The van der Waals surface area contributed by atoms with Crippen LogP contribution in [0.1, 0.15) is 32.6 Å². The van der Waals surface area contributed by atoms with E-state index in [1.54, 1.807) is 0 Å². The molecule has 0 spiro atoms. The summed E-state index contributed by atoms with van der Waals surface area (Å²) in [7, 11) is 2.18. The second-order valence-electron chi connectivity index (χ2n) is 6.33. The molecule has 1 aromatic rings. The molecule has 3 heterocycles. The Bertz CT molecular complexity index is 495. The normalized spacial score (nSPS) is 22.5. The molecular weight excluding hydrogens is 278 g/mol. The molecule has 0 aromatic carbocycles. The molecule has 1 atom stereocenters. The molecule has 0 bridgehead atoms. The number of hydrogen-bond donors (Lipinski definition) is 0. The van der Waals surface area contributed by atoms with Crippen LogP contribution in [0.3, 0.4) is 0 Å². The summed E-state index contributed by atoms with van der Waals surface area (Å²) in [5.41, 5.74) is 1.15. The molecule has 5 heteroatoms. The summed E-state index contributed by atoms with van der Waals surface area (Å²) < 4.78 is 11.8. The molecule has 0 aliphatic carbocycles. The van der Waals surface area contributed by atoms with Gasteiger partial charge in [-0.15, -0.1) is 0 Å². The Hall–Kier alpha value is -1.49. The van der Waals surface area contributed by atoms with Crippen molar-refractivity contribution in [3.8, 4) is 11.6 Å². The zero-order valence-corrected chi connectivity index (χ0v) is 13.8. The minimum atomic E-state index is 0.166. The first kappa shape index (κ1) is 15.4. The van der Waals surface area contributed by atoms with Crippen LogP contribution in [0.15, 0.2) is 12.3 Å². The Labute approximate surface area is 133 Å². The van der Waals surface area contributed by atoms with Gasteiger partial charge in [0.05, 0.1) is 11.9 Å². The van der Waals surface area contributed by atoms with E-state index < -0.39 is 0 Å². The molecule has 1 saturated heterocycles. The third kappa shape index (κ3) is 3.64. The maximum absolute atomic E-state index is 6.09. The van der Waals surface area contributed by atoms with Crippen molar-refractivity contribution < 1.29 is 9.47 Å². The van der Waals surface area contributed by atoms with Crippen LogP contribution in [0.25, 0.3) is 0 Å². The standard InChI is InChI=1S/C17H27N3O2/c1-3-4-6-15-13-21-17-16(22-15)11-14(12-18-17)20-8-5-7-19(2)9-10-20/h11-12,15H,3-10,13H2,1-2H3. The Balaban J connectivity index is 1.70. The van der Waals surface area contributed by atoms with Crippen LogP contribution < -0.4 is 14.4 Å². The SMILES string of the molecule is CCCCC1COc2ncc(N3CCCN(C)CC3)cc2O1. The molecule has 2 aliphatic rings. The summed E-state index contributed by atoms with van der Waals surface area (Å²) in [5, 5.41) is 0. The molecule has 1 unspecified atom stereocenters. The summed E-state index contributed by atoms with van der Waals surface area (Å²) >= 11 is 0. The largest absolute Gasteiger partial charge is 0.481 e. The summed E-state index contributed by atoms with van der Waals surface area (Å²) in [6, 6.07) is 2.10. The molecule has 5 nitrogen and oxygen atoms in total. The van der Waals surface area contributed by atoms with Crippen molar-refractivity contribution in [2.45, 2.75) is 38.7 Å². The summed E-state index contributed by atoms with van der Waals surface area (Å²) in [4.78, 5) is 9.24. The summed E-state index contributed by atoms with van der Waals surface area (Å²) in [6.07, 6.45) is 6.68. The van der Waals surface area contributed by atoms with Crippen molar-refractivity contribution in [2.24, 2.45) is 0 Å². The quantitative estimate of drug-likeness (QED) is 0.854. The van der Waals surface area contributed by atoms with E-state index in [0.29, 0.717) is 12.5 Å². The van der Waals surface area contributed by atoms with Gasteiger partial charge in [0.2, 0.25) is 0 Å². The number of pyridine rings is 1. The topological polar surface area (TPSA) is 37.8 Å². The highest BCUT2D eigenvalue weighted by atomic mass is 16.6. The lowest BCUT2D eigenvalue weighted by molar-refractivity contribution is 0.0787. The third-order valence-electron chi connectivity index (χ3n) is 4.47. The van der Waals surface area contributed by atoms with Crippen LogP contribution in [0.5, 0.6) is 11.6 Å². The number of ether oxygens (including phenoxy) is 2. The van der Waals surface area contributed by atoms with E-state index in [4.69, 9.17) is 9.47 Å². The van der Waals surface area contributed by atoms with Crippen molar-refractivity contribution in [2.75, 3.05) is 44.7 Å². The highest BCUT2D eigenvalue weighted by Crippen LogP contribution is 2.34. The van der Waals surface area contributed by atoms with Crippen molar-refractivity contribution in [3.05, 3.63) is 12.3 Å². The van der Waals surface area contributed by atoms with Gasteiger partial charge in [0.15, 0.2) is 5.75 Å². The molecule has 0 N–H and O–H groups in total. The van der Waals surface area contributed by atoms with Crippen molar-refractivity contribution in [1.29, 1.82) is 0 Å². The fourth-order valence-electron chi connectivity index (χ4n) is 3.05. The number of likely N-dealkylation sites (N-methyl/N-ethyl adjacent to an activating group) is 1. The van der Waals surface area contributed by atoms with Crippen molar-refractivity contribution >= 4 is 5.69 Å². The lowest BCUT2D eigenvalue weighted by atomic mass is 10.1. The maximum Gasteiger partial charge on any atom is 0.257 e. The van der Waals surface area contributed by atoms with E-state index in [0.717, 1.165) is 44.0 Å². The fraction of sp³-hybridized carbons (Fsp3) is 0.706. The van der Waals surface area contributed by atoms with E-state index in [9.17, 15) is 0 Å². The molecule has 2 aliphatic heterocycles. The highest BCUT2D eigenvalue weighted by molar-refractivity contribution is 5.53. The number of rotatable bonds is 4. The van der Waals surface area contributed by atoms with E-state index >= 15 is 0 Å². The Morgan fingerprint density at radius 1 is 1.27 bits per heavy atom. The molecule has 0 saturated carbocycles. The number of hydrogen-bond acceptors (Lipinski definition) is 5. The van der Waals surface area contributed by atoms with E-state index in [2.05, 4.69) is 34.8 Å². The number of aromatic nitrogens is 1. The van der Waals surface area contributed by atoms with Gasteiger partial charge in [-0.1, -0.05) is 13.3 Å². The Morgan fingerprint density at radius 3 is 3.05 bits per heavy atom. The van der Waals surface area contributed by atoms with Gasteiger partial charge in [0.1, 0.15) is 12.7 Å². The van der Waals surface area contributed by atoms with Crippen LogP contribution >= 0.6 is 0 Å². The van der Waals surface area contributed by atoms with Gasteiger partial charge in [-0.25, -0.2) is 4.98 Å². The van der Waals surface area contributed by atoms with Gasteiger partial charge in [-0.2, -0.15) is 0 Å². The fourth-order valence-corrected chi connectivity index (χ4v) is 3.05. The number of anilines is 1. The monoisotopic (exact) mass is 305 g/mol. The average Bonchev–Trinajstić information content (AvgIpc) is 2.77. The van der Waals surface area contributed by atoms with Gasteiger partial charge in [-0.05, 0) is 32.9 Å². The predicted octanol–water partition coefficient (Wildman–Crippen LogP) is 2.55. The lowest BCUT2D eigenvalue weighted by Gasteiger charge is -2.28. The average molecular weight is 305 g/mol. The molecule has 1 aromatic heterocycles. The first-order valence-electron chi connectivity index (χ1n) is 8.49. The van der Waals surface area contributed by atoms with Crippen molar-refractivity contribution in [1.82, 2.24) is 9.88 Å². The Kier molecular flexibility index (Phi) is 5.03. The molecular formula is C17H27N3O2. The second kappa shape index (κ2) is 7.18. The minimum Gasteiger partial charge on any atom is -0.481 e. The predicted molar refractivity (Wildman–Crippen MR) is 88.0 cm³/mol. The van der Waals surface area contributed by atoms with Crippen LogP contribution in [0, 0.1) is 0 Å². The van der Waals surface area contributed by atoms with Gasteiger partial charge in [0.25, 0.3) is 5.88 Å². The van der Waals surface area contributed by atoms with E-state index in [1.165, 1.54) is 19.3 Å². The van der Waals surface area contributed by atoms with Gasteiger partial charge in [0, 0.05) is 25.7 Å². The zero-order valence-electron chi connectivity index (χ0n) is 13.8. The molecule has 0 amide bonds. The number of fused-ring (bicyclic) bond motifs is 1. The van der Waals surface area contributed by atoms with Gasteiger partial charge >= 0.3 is 0 Å². The zero-order chi connectivity index (χ0) is 15.4. The van der Waals surface area contributed by atoms with Crippen molar-refractivity contribution in [3.63, 3.8) is 0 Å². The highest BCUT2D eigenvalue weighted by Gasteiger charge is 2.23. The molecule has 0 radical (unpaired) electrons. The summed E-state index contributed by atoms with van der Waals surface area (Å²) in [5.74, 6) is 1.45. The van der Waals surface area contributed by atoms with Crippen LogP contribution in [0.2, 0.25) is 0 Å². The maximum atomic E-state index is 6.09. The van der Waals surface area contributed by atoms with E-state index in [1.807, 2.05) is 6.20 Å². The first-order chi connectivity index (χ1) is 10.8. The van der Waals surface area contributed by atoms with Gasteiger partial charge < -0.3 is 19.3 Å². The smallest absolute Gasteiger partial charge is 0.257 e. The minimum absolute atomic E-state index is 0.166. The Morgan fingerprint density at radius 2 is 2.18 bits per heavy atom. The molecule has 122 valence electrons. The number of unbranched alkanes of at least 4 members (excludes halogenated alkanes) is 1.